The Kier molecular flexibility index (Phi) is 6.16. The van der Waals surface area contributed by atoms with Crippen LogP contribution in [0.15, 0.2) is 0 Å². The van der Waals surface area contributed by atoms with Crippen LogP contribution in [0.5, 0.6) is 0 Å². The van der Waals surface area contributed by atoms with E-state index in [0.29, 0.717) is 24.3 Å². The first-order valence-corrected chi connectivity index (χ1v) is 10.2. The Bertz CT molecular complexity index is 400. The van der Waals surface area contributed by atoms with Gasteiger partial charge in [-0.1, -0.05) is 6.42 Å². The molecule has 0 spiro atoms. The molecule has 3 atom stereocenters. The summed E-state index contributed by atoms with van der Waals surface area (Å²) in [6, 6.07) is 0.111. The molecule has 118 valence electrons. The van der Waals surface area contributed by atoms with Gasteiger partial charge in [0, 0.05) is 24.4 Å². The highest BCUT2D eigenvalue weighted by Gasteiger charge is 2.34. The maximum Gasteiger partial charge on any atom is 0.279 e. The molecule has 0 aromatic heterocycles. The molecule has 1 aliphatic carbocycles. The van der Waals surface area contributed by atoms with E-state index in [2.05, 4.69) is 16.3 Å². The lowest BCUT2D eigenvalue weighted by Crippen LogP contribution is -2.51. The van der Waals surface area contributed by atoms with Crippen molar-refractivity contribution in [2.24, 2.45) is 5.92 Å². The van der Waals surface area contributed by atoms with Crippen LogP contribution in [0.2, 0.25) is 0 Å². The fourth-order valence-electron chi connectivity index (χ4n) is 3.31. The maximum atomic E-state index is 12.5. The van der Waals surface area contributed by atoms with Gasteiger partial charge in [-0.2, -0.15) is 29.2 Å². The second-order valence-corrected chi connectivity index (χ2v) is 8.64. The molecular weight excluding hydrogens is 294 g/mol. The molecular formula is C13H27N3O2S2. The van der Waals surface area contributed by atoms with Gasteiger partial charge in [0.2, 0.25) is 0 Å². The van der Waals surface area contributed by atoms with E-state index in [4.69, 9.17) is 0 Å². The average Bonchev–Trinajstić information content (AvgIpc) is 2.86. The first-order chi connectivity index (χ1) is 9.56. The van der Waals surface area contributed by atoms with Crippen molar-refractivity contribution in [2.75, 3.05) is 32.9 Å². The topological polar surface area (TPSA) is 61.4 Å². The van der Waals surface area contributed by atoms with Crippen molar-refractivity contribution < 1.29 is 8.42 Å². The first-order valence-electron chi connectivity index (χ1n) is 7.51. The Morgan fingerprint density at radius 3 is 2.75 bits per heavy atom. The molecule has 1 saturated carbocycles. The number of rotatable bonds is 6. The zero-order valence-corrected chi connectivity index (χ0v) is 14.1. The second-order valence-electron chi connectivity index (χ2n) is 5.86. The number of piperidine rings is 1. The van der Waals surface area contributed by atoms with Crippen LogP contribution in [0, 0.1) is 5.92 Å². The third kappa shape index (κ3) is 4.10. The van der Waals surface area contributed by atoms with E-state index in [0.717, 1.165) is 38.6 Å². The van der Waals surface area contributed by atoms with Crippen LogP contribution in [-0.4, -0.2) is 57.0 Å². The van der Waals surface area contributed by atoms with Gasteiger partial charge in [-0.15, -0.1) is 0 Å². The van der Waals surface area contributed by atoms with Gasteiger partial charge in [0.15, 0.2) is 0 Å². The molecule has 2 rings (SSSR count). The summed E-state index contributed by atoms with van der Waals surface area (Å²) in [7, 11) is -1.39. The van der Waals surface area contributed by atoms with Crippen molar-refractivity contribution in [1.82, 2.24) is 14.3 Å². The van der Waals surface area contributed by atoms with E-state index in [1.807, 2.05) is 7.05 Å². The monoisotopic (exact) mass is 321 g/mol. The molecule has 2 N–H and O–H groups in total. The number of hydrogen-bond donors (Lipinski definition) is 2. The minimum Gasteiger partial charge on any atom is -0.319 e. The lowest BCUT2D eigenvalue weighted by molar-refractivity contribution is 0.259. The van der Waals surface area contributed by atoms with E-state index in [9.17, 15) is 8.42 Å². The number of thioether (sulfide) groups is 1. The first kappa shape index (κ1) is 16.5. The van der Waals surface area contributed by atoms with Crippen molar-refractivity contribution in [1.29, 1.82) is 0 Å². The Balaban J connectivity index is 1.95. The molecule has 2 fully saturated rings. The summed E-state index contributed by atoms with van der Waals surface area (Å²) in [5.74, 6) is 0.435. The van der Waals surface area contributed by atoms with Crippen LogP contribution in [0.25, 0.3) is 0 Å². The minimum atomic E-state index is -3.32. The minimum absolute atomic E-state index is 0.111. The normalized spacial score (nSPS) is 32.6. The van der Waals surface area contributed by atoms with Crippen molar-refractivity contribution >= 4 is 22.0 Å². The Morgan fingerprint density at radius 2 is 2.05 bits per heavy atom. The Labute approximate surface area is 127 Å². The van der Waals surface area contributed by atoms with Crippen LogP contribution in [0.1, 0.15) is 32.1 Å². The van der Waals surface area contributed by atoms with Gasteiger partial charge in [0.25, 0.3) is 10.2 Å². The van der Waals surface area contributed by atoms with Gasteiger partial charge in [-0.3, -0.25) is 0 Å². The summed E-state index contributed by atoms with van der Waals surface area (Å²) in [4.78, 5) is 0. The van der Waals surface area contributed by atoms with Crippen molar-refractivity contribution in [3.8, 4) is 0 Å². The highest BCUT2D eigenvalue weighted by Crippen LogP contribution is 2.29. The van der Waals surface area contributed by atoms with Crippen molar-refractivity contribution in [3.63, 3.8) is 0 Å². The highest BCUT2D eigenvalue weighted by molar-refractivity contribution is 7.99. The van der Waals surface area contributed by atoms with E-state index < -0.39 is 10.2 Å². The molecule has 20 heavy (non-hydrogen) atoms. The number of nitrogens with one attached hydrogen (secondary N) is 2. The summed E-state index contributed by atoms with van der Waals surface area (Å²) in [5.41, 5.74) is 0. The lowest BCUT2D eigenvalue weighted by Gasteiger charge is -2.33. The van der Waals surface area contributed by atoms with Gasteiger partial charge >= 0.3 is 0 Å². The predicted octanol–water partition coefficient (Wildman–Crippen LogP) is 1.04. The largest absolute Gasteiger partial charge is 0.319 e. The number of hydrogen-bond acceptors (Lipinski definition) is 4. The van der Waals surface area contributed by atoms with Crippen LogP contribution in [-0.2, 0) is 10.2 Å². The standard InChI is InChI=1S/C13H27N3O2S2/c1-14-9-11-5-4-8-16(10-11)20(17,18)15-12-6-3-7-13(12)19-2/h11-15H,3-10H2,1-2H3. The zero-order chi connectivity index (χ0) is 14.6. The maximum absolute atomic E-state index is 12.5. The summed E-state index contributed by atoms with van der Waals surface area (Å²) in [6.07, 6.45) is 7.37. The van der Waals surface area contributed by atoms with Gasteiger partial charge in [0.05, 0.1) is 0 Å². The Morgan fingerprint density at radius 1 is 1.25 bits per heavy atom. The van der Waals surface area contributed by atoms with Crippen LogP contribution in [0.4, 0.5) is 0 Å². The van der Waals surface area contributed by atoms with E-state index in [1.165, 1.54) is 0 Å². The number of nitrogens with zero attached hydrogens (tertiary/aromatic N) is 1. The van der Waals surface area contributed by atoms with Crippen LogP contribution >= 0.6 is 11.8 Å². The highest BCUT2D eigenvalue weighted by atomic mass is 32.2. The second kappa shape index (κ2) is 7.45. The molecule has 5 nitrogen and oxygen atoms in total. The molecule has 0 bridgehead atoms. The molecule has 0 radical (unpaired) electrons. The molecule has 7 heteroatoms. The molecule has 1 heterocycles. The van der Waals surface area contributed by atoms with Gasteiger partial charge < -0.3 is 5.32 Å². The SMILES string of the molecule is CNCC1CCCN(S(=O)(=O)NC2CCCC2SC)C1. The van der Waals surface area contributed by atoms with Crippen LogP contribution in [0.3, 0.4) is 0 Å². The van der Waals surface area contributed by atoms with Crippen molar-refractivity contribution in [2.45, 2.75) is 43.4 Å². The molecule has 2 aliphatic rings. The van der Waals surface area contributed by atoms with Gasteiger partial charge in [-0.05, 0) is 51.4 Å². The Hall–Kier alpha value is 0.180. The van der Waals surface area contributed by atoms with E-state index in [-0.39, 0.29) is 6.04 Å². The summed E-state index contributed by atoms with van der Waals surface area (Å²) >= 11 is 1.78. The van der Waals surface area contributed by atoms with Crippen molar-refractivity contribution in [3.05, 3.63) is 0 Å². The molecule has 1 saturated heterocycles. The van der Waals surface area contributed by atoms with E-state index >= 15 is 0 Å². The smallest absolute Gasteiger partial charge is 0.279 e. The third-order valence-corrected chi connectivity index (χ3v) is 7.15. The fraction of sp³-hybridized carbons (Fsp3) is 1.00. The lowest BCUT2D eigenvalue weighted by atomic mass is 10.00. The fourth-order valence-corrected chi connectivity index (χ4v) is 5.92. The molecule has 0 amide bonds. The summed E-state index contributed by atoms with van der Waals surface area (Å²) in [6.45, 7) is 2.20. The third-order valence-electron chi connectivity index (χ3n) is 4.37. The quantitative estimate of drug-likeness (QED) is 0.767. The summed E-state index contributed by atoms with van der Waals surface area (Å²) < 4.78 is 29.7. The molecule has 3 unspecified atom stereocenters. The predicted molar refractivity (Wildman–Crippen MR) is 85.2 cm³/mol. The van der Waals surface area contributed by atoms with Crippen LogP contribution < -0.4 is 10.0 Å². The molecule has 0 aromatic carbocycles. The van der Waals surface area contributed by atoms with Gasteiger partial charge in [0.1, 0.15) is 0 Å². The average molecular weight is 322 g/mol. The zero-order valence-electron chi connectivity index (χ0n) is 12.5. The molecule has 0 aromatic rings. The van der Waals surface area contributed by atoms with E-state index in [1.54, 1.807) is 16.1 Å². The van der Waals surface area contributed by atoms with Gasteiger partial charge in [-0.25, -0.2) is 0 Å². The molecule has 1 aliphatic heterocycles. The summed E-state index contributed by atoms with van der Waals surface area (Å²) in [5, 5.41) is 3.59.